The molecule has 4 aromatic rings. The first-order valence-electron chi connectivity index (χ1n) is 12.4. The Kier molecular flexibility index (Phi) is 8.08. The van der Waals surface area contributed by atoms with E-state index in [0.29, 0.717) is 6.42 Å². The van der Waals surface area contributed by atoms with Crippen LogP contribution in [0.15, 0.2) is 87.5 Å². The highest BCUT2D eigenvalue weighted by Crippen LogP contribution is 2.30. The van der Waals surface area contributed by atoms with Gasteiger partial charge in [-0.2, -0.15) is 4.98 Å². The number of nitrogens with zero attached hydrogens (tertiary/aromatic N) is 3. The molecule has 0 aliphatic carbocycles. The van der Waals surface area contributed by atoms with Crippen molar-refractivity contribution in [2.45, 2.75) is 62.7 Å². The van der Waals surface area contributed by atoms with Crippen LogP contribution in [0.2, 0.25) is 0 Å². The van der Waals surface area contributed by atoms with Crippen LogP contribution in [0.4, 0.5) is 0 Å². The van der Waals surface area contributed by atoms with E-state index >= 15 is 0 Å². The van der Waals surface area contributed by atoms with Gasteiger partial charge in [-0.1, -0.05) is 55.5 Å². The van der Waals surface area contributed by atoms with Crippen LogP contribution in [0, 0.1) is 6.92 Å². The van der Waals surface area contributed by atoms with Gasteiger partial charge in [0.15, 0.2) is 4.90 Å². The molecule has 4 rings (SSSR count). The van der Waals surface area contributed by atoms with Gasteiger partial charge in [-0.15, -0.1) is 0 Å². The van der Waals surface area contributed by atoms with Crippen LogP contribution in [0.1, 0.15) is 50.3 Å². The normalized spacial score (nSPS) is 12.6. The first kappa shape index (κ1) is 27.2. The van der Waals surface area contributed by atoms with Gasteiger partial charge in [0.25, 0.3) is 5.56 Å². The third-order valence-electron chi connectivity index (χ3n) is 6.31. The molecular weight excluding hydrogens is 502 g/mol. The molecular formula is C29H31N3O5S. The molecule has 0 fully saturated rings. The molecule has 2 heterocycles. The Morgan fingerprint density at radius 3 is 2.29 bits per heavy atom. The average Bonchev–Trinajstić information content (AvgIpc) is 2.90. The number of ether oxygens (including phenoxy) is 1. The second kappa shape index (κ2) is 11.3. The van der Waals surface area contributed by atoms with E-state index in [1.165, 1.54) is 16.7 Å². The maximum absolute atomic E-state index is 13.9. The van der Waals surface area contributed by atoms with E-state index in [-0.39, 0.29) is 23.4 Å². The van der Waals surface area contributed by atoms with E-state index in [2.05, 4.69) is 9.97 Å². The van der Waals surface area contributed by atoms with Crippen LogP contribution in [0.25, 0.3) is 11.1 Å². The fourth-order valence-electron chi connectivity index (χ4n) is 4.41. The molecule has 1 atom stereocenters. The number of sulfone groups is 1. The predicted octanol–water partition coefficient (Wildman–Crippen LogP) is 5.08. The van der Waals surface area contributed by atoms with Gasteiger partial charge in [0.05, 0.1) is 17.0 Å². The first-order chi connectivity index (χ1) is 18.1. The molecule has 198 valence electrons. The minimum atomic E-state index is -4.41. The highest BCUT2D eigenvalue weighted by Gasteiger charge is 2.31. The number of hydrogen-bond acceptors (Lipinski definition) is 7. The molecule has 0 saturated carbocycles. The number of pyridine rings is 1. The molecule has 0 amide bonds. The SMILES string of the molecule is CCC(c1ccccc1)n1c(COC(C)C)nc(O)c(S(=O)(=O)c2ccc(-c3cccnc3C)cc2)c1=O. The zero-order valence-electron chi connectivity index (χ0n) is 21.8. The van der Waals surface area contributed by atoms with E-state index < -0.39 is 32.2 Å². The minimum absolute atomic E-state index is 0.0662. The van der Waals surface area contributed by atoms with Crippen molar-refractivity contribution in [3.05, 3.63) is 100 Å². The van der Waals surface area contributed by atoms with Gasteiger partial charge in [0.1, 0.15) is 12.4 Å². The summed E-state index contributed by atoms with van der Waals surface area (Å²) in [5.41, 5.74) is 2.42. The van der Waals surface area contributed by atoms with Crippen molar-refractivity contribution in [3.8, 4) is 17.0 Å². The van der Waals surface area contributed by atoms with E-state index in [1.54, 1.807) is 24.4 Å². The van der Waals surface area contributed by atoms with E-state index in [9.17, 15) is 18.3 Å². The highest BCUT2D eigenvalue weighted by atomic mass is 32.2. The second-order valence-electron chi connectivity index (χ2n) is 9.21. The number of aromatic nitrogens is 3. The van der Waals surface area contributed by atoms with Gasteiger partial charge in [-0.25, -0.2) is 8.42 Å². The summed E-state index contributed by atoms with van der Waals surface area (Å²) >= 11 is 0. The van der Waals surface area contributed by atoms with Crippen molar-refractivity contribution in [2.75, 3.05) is 0 Å². The summed E-state index contributed by atoms with van der Waals surface area (Å²) in [5.74, 6) is -0.693. The Morgan fingerprint density at radius 1 is 1.00 bits per heavy atom. The lowest BCUT2D eigenvalue weighted by Crippen LogP contribution is -2.34. The molecule has 0 radical (unpaired) electrons. The molecule has 38 heavy (non-hydrogen) atoms. The summed E-state index contributed by atoms with van der Waals surface area (Å²) in [4.78, 5) is 21.5. The average molecular weight is 534 g/mol. The lowest BCUT2D eigenvalue weighted by molar-refractivity contribution is 0.0573. The molecule has 1 unspecified atom stereocenters. The minimum Gasteiger partial charge on any atom is -0.492 e. The highest BCUT2D eigenvalue weighted by molar-refractivity contribution is 7.91. The molecule has 0 bridgehead atoms. The van der Waals surface area contributed by atoms with E-state index in [4.69, 9.17) is 4.74 Å². The van der Waals surface area contributed by atoms with Crippen molar-refractivity contribution in [1.82, 2.24) is 14.5 Å². The van der Waals surface area contributed by atoms with Gasteiger partial charge in [-0.05, 0) is 56.5 Å². The van der Waals surface area contributed by atoms with Crippen molar-refractivity contribution < 1.29 is 18.3 Å². The Bertz CT molecular complexity index is 1580. The molecule has 0 spiro atoms. The van der Waals surface area contributed by atoms with Gasteiger partial charge in [0, 0.05) is 17.5 Å². The Hall–Kier alpha value is -3.82. The zero-order valence-corrected chi connectivity index (χ0v) is 22.6. The van der Waals surface area contributed by atoms with Crippen LogP contribution < -0.4 is 5.56 Å². The number of rotatable bonds is 9. The van der Waals surface area contributed by atoms with Crippen molar-refractivity contribution in [2.24, 2.45) is 0 Å². The van der Waals surface area contributed by atoms with Crippen LogP contribution >= 0.6 is 0 Å². The summed E-state index contributed by atoms with van der Waals surface area (Å²) in [5, 5.41) is 10.8. The zero-order chi connectivity index (χ0) is 27.4. The summed E-state index contributed by atoms with van der Waals surface area (Å²) in [6.45, 7) is 7.38. The largest absolute Gasteiger partial charge is 0.492 e. The van der Waals surface area contributed by atoms with Crippen LogP contribution in [-0.2, 0) is 21.2 Å². The van der Waals surface area contributed by atoms with E-state index in [0.717, 1.165) is 22.4 Å². The topological polar surface area (TPSA) is 111 Å². The summed E-state index contributed by atoms with van der Waals surface area (Å²) in [6.07, 6.45) is 2.02. The maximum Gasteiger partial charge on any atom is 0.277 e. The van der Waals surface area contributed by atoms with Crippen molar-refractivity contribution in [3.63, 3.8) is 0 Å². The Labute approximate surface area is 222 Å². The quantitative estimate of drug-likeness (QED) is 0.319. The summed E-state index contributed by atoms with van der Waals surface area (Å²) < 4.78 is 34.4. The van der Waals surface area contributed by atoms with E-state index in [1.807, 2.05) is 64.1 Å². The number of aromatic hydroxyl groups is 1. The molecule has 2 aromatic heterocycles. The second-order valence-corrected chi connectivity index (χ2v) is 11.1. The molecule has 1 N–H and O–H groups in total. The molecule has 0 aliphatic heterocycles. The van der Waals surface area contributed by atoms with Gasteiger partial charge in [0.2, 0.25) is 15.7 Å². The van der Waals surface area contributed by atoms with Crippen LogP contribution in [0.5, 0.6) is 5.88 Å². The lowest BCUT2D eigenvalue weighted by atomic mass is 10.0. The van der Waals surface area contributed by atoms with Crippen molar-refractivity contribution >= 4 is 9.84 Å². The summed E-state index contributed by atoms with van der Waals surface area (Å²) in [6, 6.07) is 18.7. The van der Waals surface area contributed by atoms with Gasteiger partial charge in [-0.3, -0.25) is 14.3 Å². The fourth-order valence-corrected chi connectivity index (χ4v) is 5.76. The standard InChI is InChI=1S/C29H31N3O5S/c1-5-25(22-10-7-6-8-11-22)32-26(18-37-19(2)3)31-28(33)27(29(32)34)38(35,36)23-15-13-21(14-16-23)24-12-9-17-30-20(24)4/h6-17,19,25,33H,5,18H2,1-4H3. The third kappa shape index (κ3) is 5.39. The molecule has 9 heteroatoms. The molecule has 0 saturated heterocycles. The van der Waals surface area contributed by atoms with Gasteiger partial charge >= 0.3 is 0 Å². The maximum atomic E-state index is 13.9. The number of aryl methyl sites for hydroxylation is 1. The fraction of sp³-hybridized carbons (Fsp3) is 0.276. The van der Waals surface area contributed by atoms with Crippen LogP contribution in [0.3, 0.4) is 0 Å². The smallest absolute Gasteiger partial charge is 0.277 e. The molecule has 0 aliphatic rings. The monoisotopic (exact) mass is 533 g/mol. The Morgan fingerprint density at radius 2 is 1.68 bits per heavy atom. The van der Waals surface area contributed by atoms with Crippen molar-refractivity contribution in [1.29, 1.82) is 0 Å². The predicted molar refractivity (Wildman–Crippen MR) is 145 cm³/mol. The number of benzene rings is 2. The number of hydrogen-bond donors (Lipinski definition) is 1. The first-order valence-corrected chi connectivity index (χ1v) is 13.9. The molecule has 8 nitrogen and oxygen atoms in total. The van der Waals surface area contributed by atoms with Gasteiger partial charge < -0.3 is 9.84 Å². The lowest BCUT2D eigenvalue weighted by Gasteiger charge is -2.23. The van der Waals surface area contributed by atoms with Crippen LogP contribution in [-0.4, -0.2) is 34.2 Å². The Balaban J connectivity index is 1.86. The third-order valence-corrected chi connectivity index (χ3v) is 8.10. The molecule has 2 aromatic carbocycles. The summed E-state index contributed by atoms with van der Waals surface area (Å²) in [7, 11) is -4.41.